The van der Waals surface area contributed by atoms with Gasteiger partial charge in [0.2, 0.25) is 0 Å². The minimum Gasteiger partial charge on any atom is -0.0587 e. The third-order valence-corrected chi connectivity index (χ3v) is 8.01. The van der Waals surface area contributed by atoms with Crippen molar-refractivity contribution in [2.75, 3.05) is 0 Å². The maximum Gasteiger partial charge on any atom is 0.0178 e. The van der Waals surface area contributed by atoms with Crippen molar-refractivity contribution in [2.24, 2.45) is 5.41 Å². The highest BCUT2D eigenvalue weighted by atomic mass is 79.9. The molecule has 0 heterocycles. The fourth-order valence-corrected chi connectivity index (χ4v) is 7.14. The van der Waals surface area contributed by atoms with Gasteiger partial charge in [0, 0.05) is 15.3 Å². The lowest BCUT2D eigenvalue weighted by Crippen LogP contribution is -2.30. The van der Waals surface area contributed by atoms with Gasteiger partial charge in [-0.15, -0.1) is 0 Å². The number of aryl methyl sites for hydroxylation is 1. The SMILES string of the molecule is Cc1ccc2c(c1)C13CCC14CCC43c1cc(Br)ccc1-2. The van der Waals surface area contributed by atoms with Crippen LogP contribution in [0.25, 0.3) is 11.1 Å². The molecule has 6 rings (SSSR count). The fourth-order valence-electron chi connectivity index (χ4n) is 6.78. The highest BCUT2D eigenvalue weighted by Crippen LogP contribution is 2.99. The maximum absolute atomic E-state index is 3.71. The summed E-state index contributed by atoms with van der Waals surface area (Å²) in [7, 11) is 0. The molecule has 3 fully saturated rings. The lowest BCUT2D eigenvalue weighted by atomic mass is 9.66. The summed E-state index contributed by atoms with van der Waals surface area (Å²) in [6.07, 6.45) is 5.72. The average Bonchev–Trinajstić information content (AvgIpc) is 2.68. The van der Waals surface area contributed by atoms with E-state index in [9.17, 15) is 0 Å². The molecule has 0 aliphatic heterocycles. The first-order chi connectivity index (χ1) is 10.2. The van der Waals surface area contributed by atoms with E-state index in [0.717, 1.165) is 0 Å². The molecule has 21 heavy (non-hydrogen) atoms. The van der Waals surface area contributed by atoms with E-state index in [1.807, 2.05) is 0 Å². The Morgan fingerprint density at radius 2 is 1.43 bits per heavy atom. The standard InChI is InChI=1S/C20H17Br/c1-12-2-4-14-15-5-3-13(21)11-17(15)20-9-7-18(20)6-8-19(18,20)16(14)10-12/h2-5,10-11H,6-9H2,1H3. The minimum absolute atomic E-state index is 0.500. The summed E-state index contributed by atoms with van der Waals surface area (Å²) < 4.78 is 1.25. The Morgan fingerprint density at radius 1 is 0.810 bits per heavy atom. The van der Waals surface area contributed by atoms with Gasteiger partial charge < -0.3 is 0 Å². The van der Waals surface area contributed by atoms with Crippen LogP contribution in [0.4, 0.5) is 0 Å². The van der Waals surface area contributed by atoms with Gasteiger partial charge >= 0.3 is 0 Å². The van der Waals surface area contributed by atoms with Crippen molar-refractivity contribution >= 4 is 15.9 Å². The molecule has 0 aromatic heterocycles. The van der Waals surface area contributed by atoms with E-state index in [-0.39, 0.29) is 0 Å². The topological polar surface area (TPSA) is 0 Å². The quantitative estimate of drug-likeness (QED) is 0.595. The average molecular weight is 337 g/mol. The maximum atomic E-state index is 3.71. The number of hydrogen-bond acceptors (Lipinski definition) is 0. The van der Waals surface area contributed by atoms with Crippen LogP contribution in [-0.4, -0.2) is 0 Å². The molecule has 3 unspecified atom stereocenters. The largest absolute Gasteiger partial charge is 0.0587 e. The van der Waals surface area contributed by atoms with Crippen molar-refractivity contribution in [1.29, 1.82) is 0 Å². The second-order valence-corrected chi connectivity index (χ2v) is 8.55. The van der Waals surface area contributed by atoms with Gasteiger partial charge in [-0.05, 0) is 72.4 Å². The fraction of sp³-hybridized carbons (Fsp3) is 0.400. The molecule has 3 spiro atoms. The molecule has 4 aliphatic rings. The minimum atomic E-state index is 0.500. The Hall–Kier alpha value is -1.08. The molecule has 0 nitrogen and oxygen atoms in total. The van der Waals surface area contributed by atoms with Gasteiger partial charge in [0.05, 0.1) is 0 Å². The predicted molar refractivity (Wildman–Crippen MR) is 88.6 cm³/mol. The molecule has 2 aromatic rings. The van der Waals surface area contributed by atoms with E-state index in [1.165, 1.54) is 46.8 Å². The van der Waals surface area contributed by atoms with Gasteiger partial charge in [0.15, 0.2) is 0 Å². The summed E-state index contributed by atoms with van der Waals surface area (Å²) in [4.78, 5) is 0. The summed E-state index contributed by atoms with van der Waals surface area (Å²) in [6.45, 7) is 2.25. The van der Waals surface area contributed by atoms with E-state index < -0.39 is 0 Å². The van der Waals surface area contributed by atoms with Crippen LogP contribution in [0.1, 0.15) is 42.4 Å². The predicted octanol–water partition coefficient (Wildman–Crippen LogP) is 5.50. The Morgan fingerprint density at radius 3 is 2.05 bits per heavy atom. The van der Waals surface area contributed by atoms with E-state index in [4.69, 9.17) is 0 Å². The van der Waals surface area contributed by atoms with Gasteiger partial charge in [-0.3, -0.25) is 0 Å². The second kappa shape index (κ2) is 3.01. The van der Waals surface area contributed by atoms with Crippen molar-refractivity contribution in [3.05, 3.63) is 57.6 Å². The number of hydrogen-bond donors (Lipinski definition) is 0. The Labute approximate surface area is 133 Å². The molecular weight excluding hydrogens is 320 g/mol. The van der Waals surface area contributed by atoms with Crippen molar-refractivity contribution < 1.29 is 0 Å². The first kappa shape index (κ1) is 11.5. The summed E-state index contributed by atoms with van der Waals surface area (Å²) in [5, 5.41) is 0. The lowest BCUT2D eigenvalue weighted by molar-refractivity contribution is 0.183. The Bertz CT molecular complexity index is 777. The van der Waals surface area contributed by atoms with Crippen LogP contribution in [0, 0.1) is 12.3 Å². The zero-order chi connectivity index (χ0) is 14.0. The van der Waals surface area contributed by atoms with Crippen molar-refractivity contribution in [1.82, 2.24) is 0 Å². The van der Waals surface area contributed by atoms with Crippen LogP contribution in [0.3, 0.4) is 0 Å². The van der Waals surface area contributed by atoms with E-state index >= 15 is 0 Å². The first-order valence-corrected chi connectivity index (χ1v) is 8.87. The smallest absolute Gasteiger partial charge is 0.0178 e. The summed E-state index contributed by atoms with van der Waals surface area (Å²) in [5.74, 6) is 0. The lowest BCUT2D eigenvalue weighted by Gasteiger charge is -2.37. The molecule has 0 bridgehead atoms. The van der Waals surface area contributed by atoms with Crippen LogP contribution < -0.4 is 0 Å². The van der Waals surface area contributed by atoms with Gasteiger partial charge in [0.1, 0.15) is 0 Å². The van der Waals surface area contributed by atoms with Gasteiger partial charge in [0.25, 0.3) is 0 Å². The molecule has 2 aromatic carbocycles. The highest BCUT2D eigenvalue weighted by Gasteiger charge is 2.96. The zero-order valence-corrected chi connectivity index (χ0v) is 13.8. The van der Waals surface area contributed by atoms with Crippen molar-refractivity contribution in [3.63, 3.8) is 0 Å². The summed E-state index contributed by atoms with van der Waals surface area (Å²) in [5.41, 5.74) is 9.42. The van der Waals surface area contributed by atoms with Crippen LogP contribution in [-0.2, 0) is 10.8 Å². The first-order valence-electron chi connectivity index (χ1n) is 8.08. The van der Waals surface area contributed by atoms with Gasteiger partial charge in [-0.25, -0.2) is 0 Å². The molecule has 4 aliphatic carbocycles. The van der Waals surface area contributed by atoms with Crippen LogP contribution in [0.15, 0.2) is 40.9 Å². The number of halogens is 1. The van der Waals surface area contributed by atoms with E-state index in [2.05, 4.69) is 59.3 Å². The molecule has 0 radical (unpaired) electrons. The molecule has 0 saturated heterocycles. The third-order valence-electron chi connectivity index (χ3n) is 7.52. The third kappa shape index (κ3) is 0.848. The Balaban J connectivity index is 1.79. The summed E-state index contributed by atoms with van der Waals surface area (Å²) >= 11 is 3.71. The van der Waals surface area contributed by atoms with Gasteiger partial charge in [-0.1, -0.05) is 45.8 Å². The molecule has 0 N–H and O–H groups in total. The zero-order valence-electron chi connectivity index (χ0n) is 12.2. The van der Waals surface area contributed by atoms with E-state index in [0.29, 0.717) is 16.2 Å². The molecular formula is C20H17Br. The number of benzene rings is 2. The van der Waals surface area contributed by atoms with Crippen molar-refractivity contribution in [3.8, 4) is 11.1 Å². The highest BCUT2D eigenvalue weighted by molar-refractivity contribution is 9.10. The number of rotatable bonds is 0. The van der Waals surface area contributed by atoms with Gasteiger partial charge in [-0.2, -0.15) is 0 Å². The normalized spacial score (nSPS) is 39.7. The number of fused-ring (bicyclic) bond motifs is 3. The van der Waals surface area contributed by atoms with Crippen molar-refractivity contribution in [2.45, 2.75) is 43.4 Å². The Kier molecular flexibility index (Phi) is 1.65. The van der Waals surface area contributed by atoms with Crippen LogP contribution in [0.5, 0.6) is 0 Å². The molecule has 1 heteroatoms. The molecule has 3 saturated carbocycles. The molecule has 3 atom stereocenters. The summed E-state index contributed by atoms with van der Waals surface area (Å²) in [6, 6.07) is 14.2. The monoisotopic (exact) mass is 336 g/mol. The molecule has 0 amide bonds. The second-order valence-electron chi connectivity index (χ2n) is 7.63. The molecule has 104 valence electrons. The van der Waals surface area contributed by atoms with Crippen LogP contribution >= 0.6 is 15.9 Å². The van der Waals surface area contributed by atoms with Crippen LogP contribution in [0.2, 0.25) is 0 Å². The van der Waals surface area contributed by atoms with E-state index in [1.54, 1.807) is 11.1 Å².